The minimum atomic E-state index is 0.205. The number of rotatable bonds is 5. The molecule has 1 aromatic carbocycles. The van der Waals surface area contributed by atoms with E-state index in [0.29, 0.717) is 6.61 Å². The molecule has 1 N–H and O–H groups in total. The average Bonchev–Trinajstić information content (AvgIpc) is 2.39. The highest BCUT2D eigenvalue weighted by Crippen LogP contribution is 2.24. The Morgan fingerprint density at radius 1 is 1.33 bits per heavy atom. The first-order chi connectivity index (χ1) is 8.76. The van der Waals surface area contributed by atoms with Gasteiger partial charge in [0.1, 0.15) is 0 Å². The van der Waals surface area contributed by atoms with E-state index < -0.39 is 0 Å². The number of ether oxygens (including phenoxy) is 1. The van der Waals surface area contributed by atoms with E-state index in [9.17, 15) is 0 Å². The van der Waals surface area contributed by atoms with Crippen molar-refractivity contribution in [3.8, 4) is 0 Å². The van der Waals surface area contributed by atoms with Crippen molar-refractivity contribution in [2.24, 2.45) is 0 Å². The second-order valence-corrected chi connectivity index (χ2v) is 4.37. The van der Waals surface area contributed by atoms with Gasteiger partial charge in [-0.25, -0.2) is 0 Å². The number of pyridine rings is 1. The number of aryl methyl sites for hydroxylation is 1. The predicted octanol–water partition coefficient (Wildman–Crippen LogP) is 2.84. The average molecular weight is 244 g/mol. The number of hydrogen-bond acceptors (Lipinski definition) is 3. The summed E-state index contributed by atoms with van der Waals surface area (Å²) in [7, 11) is 1.97. The van der Waals surface area contributed by atoms with Gasteiger partial charge in [-0.1, -0.05) is 18.2 Å². The van der Waals surface area contributed by atoms with E-state index in [1.165, 1.54) is 10.9 Å². The van der Waals surface area contributed by atoms with Crippen molar-refractivity contribution in [2.45, 2.75) is 19.9 Å². The molecule has 0 radical (unpaired) electrons. The number of nitrogens with zero attached hydrogens (tertiary/aromatic N) is 1. The largest absolute Gasteiger partial charge is 0.380 e. The van der Waals surface area contributed by atoms with Crippen LogP contribution in [0.1, 0.15) is 24.2 Å². The van der Waals surface area contributed by atoms with Gasteiger partial charge in [0.25, 0.3) is 0 Å². The van der Waals surface area contributed by atoms with Crippen LogP contribution >= 0.6 is 0 Å². The van der Waals surface area contributed by atoms with Gasteiger partial charge in [-0.05, 0) is 38.6 Å². The molecule has 1 unspecified atom stereocenters. The molecular weight excluding hydrogens is 224 g/mol. The van der Waals surface area contributed by atoms with E-state index in [1.54, 1.807) is 0 Å². The highest BCUT2D eigenvalue weighted by molar-refractivity contribution is 5.82. The van der Waals surface area contributed by atoms with Gasteiger partial charge in [0, 0.05) is 17.7 Å². The Morgan fingerprint density at radius 3 is 2.83 bits per heavy atom. The van der Waals surface area contributed by atoms with Crippen molar-refractivity contribution in [3.05, 3.63) is 41.6 Å². The molecule has 3 heteroatoms. The highest BCUT2D eigenvalue weighted by atomic mass is 16.5. The van der Waals surface area contributed by atoms with Crippen LogP contribution < -0.4 is 5.32 Å². The molecule has 0 bridgehead atoms. The lowest BCUT2D eigenvalue weighted by atomic mass is 10.0. The van der Waals surface area contributed by atoms with Crippen LogP contribution in [0.15, 0.2) is 30.3 Å². The third-order valence-corrected chi connectivity index (χ3v) is 3.09. The van der Waals surface area contributed by atoms with E-state index in [1.807, 2.05) is 27.0 Å². The molecule has 1 atom stereocenters. The zero-order chi connectivity index (χ0) is 13.0. The van der Waals surface area contributed by atoms with Crippen molar-refractivity contribution in [1.29, 1.82) is 0 Å². The van der Waals surface area contributed by atoms with Crippen LogP contribution in [0.5, 0.6) is 0 Å². The molecule has 2 aromatic rings. The molecule has 1 aromatic heterocycles. The van der Waals surface area contributed by atoms with Crippen LogP contribution in [0.3, 0.4) is 0 Å². The summed E-state index contributed by atoms with van der Waals surface area (Å²) in [5.41, 5.74) is 3.35. The fourth-order valence-electron chi connectivity index (χ4n) is 2.19. The molecule has 0 aliphatic carbocycles. The van der Waals surface area contributed by atoms with E-state index in [2.05, 4.69) is 34.6 Å². The Bertz CT molecular complexity index is 525. The molecule has 0 fully saturated rings. The monoisotopic (exact) mass is 244 g/mol. The second-order valence-electron chi connectivity index (χ2n) is 4.37. The van der Waals surface area contributed by atoms with Gasteiger partial charge in [0.15, 0.2) is 0 Å². The Labute approximate surface area is 108 Å². The summed E-state index contributed by atoms with van der Waals surface area (Å²) < 4.78 is 5.55. The predicted molar refractivity (Wildman–Crippen MR) is 74.8 cm³/mol. The summed E-state index contributed by atoms with van der Waals surface area (Å²) in [5.74, 6) is 0. The van der Waals surface area contributed by atoms with Gasteiger partial charge in [-0.2, -0.15) is 0 Å². The molecule has 1 heterocycles. The van der Waals surface area contributed by atoms with Crippen LogP contribution in [0.2, 0.25) is 0 Å². The second kappa shape index (κ2) is 5.94. The maximum atomic E-state index is 5.55. The first kappa shape index (κ1) is 13.0. The van der Waals surface area contributed by atoms with Gasteiger partial charge in [-0.15, -0.1) is 0 Å². The molecule has 0 spiro atoms. The fraction of sp³-hybridized carbons (Fsp3) is 0.400. The lowest BCUT2D eigenvalue weighted by Crippen LogP contribution is -2.22. The van der Waals surface area contributed by atoms with Gasteiger partial charge in [0.2, 0.25) is 0 Å². The van der Waals surface area contributed by atoms with Crippen LogP contribution in [-0.2, 0) is 4.74 Å². The Morgan fingerprint density at radius 2 is 2.11 bits per heavy atom. The van der Waals surface area contributed by atoms with Crippen LogP contribution in [0.4, 0.5) is 0 Å². The smallest absolute Gasteiger partial charge is 0.0708 e. The summed E-state index contributed by atoms with van der Waals surface area (Å²) >= 11 is 0. The number of likely N-dealkylation sites (N-methyl/N-ethyl adjacent to an activating group) is 1. The first-order valence-electron chi connectivity index (χ1n) is 6.37. The zero-order valence-corrected chi connectivity index (χ0v) is 11.2. The lowest BCUT2D eigenvalue weighted by Gasteiger charge is -2.19. The maximum absolute atomic E-state index is 5.55. The molecule has 3 nitrogen and oxygen atoms in total. The number of hydrogen-bond donors (Lipinski definition) is 1. The summed E-state index contributed by atoms with van der Waals surface area (Å²) in [5, 5.41) is 4.52. The molecule has 0 saturated heterocycles. The SMILES string of the molecule is CCOCC(NC)c1cc(C)nc2ccccc12. The molecule has 0 aliphatic rings. The number of para-hydroxylation sites is 1. The third-order valence-electron chi connectivity index (χ3n) is 3.09. The number of benzene rings is 1. The van der Waals surface area contributed by atoms with Crippen LogP contribution in [0, 0.1) is 6.92 Å². The molecule has 2 rings (SSSR count). The molecule has 18 heavy (non-hydrogen) atoms. The lowest BCUT2D eigenvalue weighted by molar-refractivity contribution is 0.125. The third kappa shape index (κ3) is 2.68. The molecule has 0 amide bonds. The van der Waals surface area contributed by atoms with Crippen molar-refractivity contribution in [2.75, 3.05) is 20.3 Å². The standard InChI is InChI=1S/C15H20N2O/c1-4-18-10-15(16-3)13-9-11(2)17-14-8-6-5-7-12(13)14/h5-9,15-16H,4,10H2,1-3H3. The number of fused-ring (bicyclic) bond motifs is 1. The Kier molecular flexibility index (Phi) is 4.28. The Hall–Kier alpha value is -1.45. The minimum absolute atomic E-state index is 0.205. The normalized spacial score (nSPS) is 12.8. The van der Waals surface area contributed by atoms with Gasteiger partial charge in [-0.3, -0.25) is 4.98 Å². The summed E-state index contributed by atoms with van der Waals surface area (Å²) in [6.07, 6.45) is 0. The quantitative estimate of drug-likeness (QED) is 0.878. The molecular formula is C15H20N2O. The highest BCUT2D eigenvalue weighted by Gasteiger charge is 2.13. The fourth-order valence-corrected chi connectivity index (χ4v) is 2.19. The van der Waals surface area contributed by atoms with Crippen molar-refractivity contribution < 1.29 is 4.74 Å². The summed E-state index contributed by atoms with van der Waals surface area (Å²) in [6.45, 7) is 5.46. The van der Waals surface area contributed by atoms with Crippen molar-refractivity contribution >= 4 is 10.9 Å². The van der Waals surface area contributed by atoms with E-state index in [0.717, 1.165) is 17.8 Å². The van der Waals surface area contributed by atoms with Crippen LogP contribution in [-0.4, -0.2) is 25.2 Å². The van der Waals surface area contributed by atoms with Gasteiger partial charge in [0.05, 0.1) is 18.2 Å². The van der Waals surface area contributed by atoms with Crippen molar-refractivity contribution in [1.82, 2.24) is 10.3 Å². The van der Waals surface area contributed by atoms with Crippen LogP contribution in [0.25, 0.3) is 10.9 Å². The zero-order valence-electron chi connectivity index (χ0n) is 11.2. The van der Waals surface area contributed by atoms with E-state index in [4.69, 9.17) is 4.74 Å². The van der Waals surface area contributed by atoms with E-state index >= 15 is 0 Å². The van der Waals surface area contributed by atoms with Gasteiger partial charge >= 0.3 is 0 Å². The number of aromatic nitrogens is 1. The first-order valence-corrected chi connectivity index (χ1v) is 6.37. The van der Waals surface area contributed by atoms with Crippen molar-refractivity contribution in [3.63, 3.8) is 0 Å². The van der Waals surface area contributed by atoms with Gasteiger partial charge < -0.3 is 10.1 Å². The van der Waals surface area contributed by atoms with E-state index in [-0.39, 0.29) is 6.04 Å². The Balaban J connectivity index is 2.47. The summed E-state index contributed by atoms with van der Waals surface area (Å²) in [6, 6.07) is 10.6. The molecule has 96 valence electrons. The molecule has 0 saturated carbocycles. The number of nitrogens with one attached hydrogen (secondary N) is 1. The molecule has 0 aliphatic heterocycles. The summed E-state index contributed by atoms with van der Waals surface area (Å²) in [4.78, 5) is 4.56. The topological polar surface area (TPSA) is 34.1 Å². The maximum Gasteiger partial charge on any atom is 0.0708 e. The minimum Gasteiger partial charge on any atom is -0.380 e.